The first-order valence-electron chi connectivity index (χ1n) is 12.8. The molecule has 4 rings (SSSR count). The number of anilines is 1. The van der Waals surface area contributed by atoms with Gasteiger partial charge in [-0.1, -0.05) is 31.2 Å². The largest absolute Gasteiger partial charge is 0.494 e. The molecule has 2 aromatic carbocycles. The number of amides is 2. The predicted molar refractivity (Wildman–Crippen MR) is 137 cm³/mol. The number of piperidine rings is 1. The number of benzene rings is 2. The number of para-hydroxylation sites is 1. The van der Waals surface area contributed by atoms with Gasteiger partial charge in [0.2, 0.25) is 5.91 Å². The smallest absolute Gasteiger partial charge is 0.268 e. The van der Waals surface area contributed by atoms with Crippen LogP contribution in [0.2, 0.25) is 0 Å². The Balaban J connectivity index is 1.27. The Morgan fingerprint density at radius 2 is 1.91 bits per heavy atom. The fourth-order valence-electron chi connectivity index (χ4n) is 4.83. The molecule has 0 saturated carbocycles. The molecular weight excluding hydrogens is 442 g/mol. The fraction of sp³-hybridized carbons (Fsp3) is 0.500. The van der Waals surface area contributed by atoms with E-state index in [1.807, 2.05) is 51.1 Å². The molecule has 1 atom stereocenters. The SMILES string of the molecule is CCOc1ccccc1CN1CCC(CNC(=O)CN2C(=O)[C@H](CC)Oc3ccc(C)cc32)CC1. The number of ether oxygens (including phenoxy) is 2. The zero-order valence-corrected chi connectivity index (χ0v) is 21.1. The van der Waals surface area contributed by atoms with Crippen LogP contribution in [0.15, 0.2) is 42.5 Å². The predicted octanol–water partition coefficient (Wildman–Crippen LogP) is 3.93. The van der Waals surface area contributed by atoms with E-state index in [-0.39, 0.29) is 18.4 Å². The third-order valence-corrected chi connectivity index (χ3v) is 6.85. The zero-order chi connectivity index (χ0) is 24.8. The van der Waals surface area contributed by atoms with Crippen LogP contribution in [0.1, 0.15) is 44.2 Å². The molecule has 0 bridgehead atoms. The van der Waals surface area contributed by atoms with Gasteiger partial charge in [0.15, 0.2) is 6.10 Å². The molecule has 0 radical (unpaired) electrons. The molecule has 1 N–H and O–H groups in total. The summed E-state index contributed by atoms with van der Waals surface area (Å²) in [6.45, 7) is 10.1. The van der Waals surface area contributed by atoms with Crippen molar-refractivity contribution in [3.05, 3.63) is 53.6 Å². The highest BCUT2D eigenvalue weighted by atomic mass is 16.5. The Hall–Kier alpha value is -3.06. The summed E-state index contributed by atoms with van der Waals surface area (Å²) in [6.07, 6.45) is 2.09. The van der Waals surface area contributed by atoms with Gasteiger partial charge in [-0.15, -0.1) is 0 Å². The lowest BCUT2D eigenvalue weighted by Gasteiger charge is -2.34. The number of likely N-dealkylation sites (tertiary alicyclic amines) is 1. The minimum Gasteiger partial charge on any atom is -0.494 e. The van der Waals surface area contributed by atoms with Crippen molar-refractivity contribution in [3.8, 4) is 11.5 Å². The van der Waals surface area contributed by atoms with Crippen LogP contribution in [-0.4, -0.2) is 55.6 Å². The standard InChI is InChI=1S/C28H37N3O4/c1-4-24-28(33)31(23-16-20(3)10-11-26(23)35-24)19-27(32)29-17-21-12-14-30(15-13-21)18-22-8-6-7-9-25(22)34-5-2/h6-11,16,21,24H,4-5,12-15,17-19H2,1-3H3,(H,29,32)/t24-/m0/s1. The van der Waals surface area contributed by atoms with Gasteiger partial charge in [0.25, 0.3) is 5.91 Å². The molecule has 7 heteroatoms. The lowest BCUT2D eigenvalue weighted by Crippen LogP contribution is -2.50. The van der Waals surface area contributed by atoms with E-state index < -0.39 is 6.10 Å². The van der Waals surface area contributed by atoms with E-state index >= 15 is 0 Å². The fourth-order valence-corrected chi connectivity index (χ4v) is 4.83. The van der Waals surface area contributed by atoms with Crippen molar-refractivity contribution in [2.75, 3.05) is 37.7 Å². The molecule has 1 saturated heterocycles. The Bertz CT molecular complexity index is 1030. The molecule has 7 nitrogen and oxygen atoms in total. The second kappa shape index (κ2) is 11.6. The maximum absolute atomic E-state index is 12.9. The zero-order valence-electron chi connectivity index (χ0n) is 21.1. The number of fused-ring (bicyclic) bond motifs is 1. The topological polar surface area (TPSA) is 71.1 Å². The summed E-state index contributed by atoms with van der Waals surface area (Å²) in [5, 5.41) is 3.08. The highest BCUT2D eigenvalue weighted by Crippen LogP contribution is 2.35. The van der Waals surface area contributed by atoms with Crippen LogP contribution in [0.5, 0.6) is 11.5 Å². The molecule has 35 heavy (non-hydrogen) atoms. The van der Waals surface area contributed by atoms with E-state index in [4.69, 9.17) is 9.47 Å². The van der Waals surface area contributed by atoms with Gasteiger partial charge in [-0.2, -0.15) is 0 Å². The van der Waals surface area contributed by atoms with Gasteiger partial charge in [0, 0.05) is 18.7 Å². The third kappa shape index (κ3) is 6.14. The minimum absolute atomic E-state index is 0.0161. The van der Waals surface area contributed by atoms with E-state index in [0.29, 0.717) is 36.9 Å². The van der Waals surface area contributed by atoms with Gasteiger partial charge in [-0.25, -0.2) is 0 Å². The van der Waals surface area contributed by atoms with Crippen molar-refractivity contribution in [1.82, 2.24) is 10.2 Å². The van der Waals surface area contributed by atoms with Crippen molar-refractivity contribution in [1.29, 1.82) is 0 Å². The average Bonchev–Trinajstić information content (AvgIpc) is 2.86. The molecule has 188 valence electrons. The highest BCUT2D eigenvalue weighted by Gasteiger charge is 2.34. The van der Waals surface area contributed by atoms with Crippen LogP contribution in [0.25, 0.3) is 0 Å². The Labute approximate surface area is 208 Å². The Morgan fingerprint density at radius 3 is 2.66 bits per heavy atom. The van der Waals surface area contributed by atoms with Crippen LogP contribution in [0.3, 0.4) is 0 Å². The quantitative estimate of drug-likeness (QED) is 0.590. The van der Waals surface area contributed by atoms with Gasteiger partial charge >= 0.3 is 0 Å². The molecule has 2 aliphatic heterocycles. The number of carbonyl (C=O) groups is 2. The van der Waals surface area contributed by atoms with E-state index in [0.717, 1.165) is 43.8 Å². The van der Waals surface area contributed by atoms with Gasteiger partial charge in [0.1, 0.15) is 18.0 Å². The second-order valence-corrected chi connectivity index (χ2v) is 9.47. The third-order valence-electron chi connectivity index (χ3n) is 6.85. The molecule has 1 fully saturated rings. The maximum atomic E-state index is 12.9. The molecule has 2 amide bonds. The summed E-state index contributed by atoms with van der Waals surface area (Å²) in [5.74, 6) is 1.78. The van der Waals surface area contributed by atoms with E-state index in [9.17, 15) is 9.59 Å². The first-order chi connectivity index (χ1) is 17.0. The molecular formula is C28H37N3O4. The maximum Gasteiger partial charge on any atom is 0.268 e. The number of hydrogen-bond donors (Lipinski definition) is 1. The van der Waals surface area contributed by atoms with E-state index in [1.165, 1.54) is 5.56 Å². The number of aryl methyl sites for hydroxylation is 1. The van der Waals surface area contributed by atoms with Crippen molar-refractivity contribution < 1.29 is 19.1 Å². The minimum atomic E-state index is -0.546. The van der Waals surface area contributed by atoms with Crippen LogP contribution < -0.4 is 19.7 Å². The molecule has 0 spiro atoms. The van der Waals surface area contributed by atoms with Gasteiger partial charge < -0.3 is 14.8 Å². The van der Waals surface area contributed by atoms with Crippen molar-refractivity contribution in [2.45, 2.75) is 52.7 Å². The molecule has 2 aromatic rings. The monoisotopic (exact) mass is 479 g/mol. The summed E-state index contributed by atoms with van der Waals surface area (Å²) in [4.78, 5) is 29.8. The van der Waals surface area contributed by atoms with Crippen LogP contribution in [0.4, 0.5) is 5.69 Å². The first kappa shape index (κ1) is 25.0. The molecule has 2 heterocycles. The van der Waals surface area contributed by atoms with Crippen LogP contribution in [-0.2, 0) is 16.1 Å². The number of nitrogens with one attached hydrogen (secondary N) is 1. The number of nitrogens with zero attached hydrogens (tertiary/aromatic N) is 2. The van der Waals surface area contributed by atoms with Gasteiger partial charge in [0.05, 0.1) is 12.3 Å². The number of carbonyl (C=O) groups excluding carboxylic acids is 2. The average molecular weight is 480 g/mol. The van der Waals surface area contributed by atoms with E-state index in [1.54, 1.807) is 4.90 Å². The van der Waals surface area contributed by atoms with Crippen molar-refractivity contribution >= 4 is 17.5 Å². The van der Waals surface area contributed by atoms with Gasteiger partial charge in [-0.05, 0) is 75.9 Å². The second-order valence-electron chi connectivity index (χ2n) is 9.47. The van der Waals surface area contributed by atoms with Gasteiger partial charge in [-0.3, -0.25) is 19.4 Å². The Kier molecular flexibility index (Phi) is 8.29. The number of rotatable bonds is 9. The summed E-state index contributed by atoms with van der Waals surface area (Å²) in [5.41, 5.74) is 2.92. The van der Waals surface area contributed by atoms with Crippen LogP contribution in [0, 0.1) is 12.8 Å². The summed E-state index contributed by atoms with van der Waals surface area (Å²) >= 11 is 0. The summed E-state index contributed by atoms with van der Waals surface area (Å²) in [7, 11) is 0. The summed E-state index contributed by atoms with van der Waals surface area (Å²) < 4.78 is 11.6. The Morgan fingerprint density at radius 1 is 1.14 bits per heavy atom. The van der Waals surface area contributed by atoms with Crippen molar-refractivity contribution in [3.63, 3.8) is 0 Å². The number of hydrogen-bond acceptors (Lipinski definition) is 5. The molecule has 0 unspecified atom stereocenters. The van der Waals surface area contributed by atoms with E-state index in [2.05, 4.69) is 22.3 Å². The molecule has 0 aromatic heterocycles. The van der Waals surface area contributed by atoms with Crippen LogP contribution >= 0.6 is 0 Å². The summed E-state index contributed by atoms with van der Waals surface area (Å²) in [6, 6.07) is 14.0. The molecule has 0 aliphatic carbocycles. The molecule has 2 aliphatic rings. The van der Waals surface area contributed by atoms with Crippen molar-refractivity contribution in [2.24, 2.45) is 5.92 Å². The lowest BCUT2D eigenvalue weighted by atomic mass is 9.96. The normalized spacial score (nSPS) is 18.7. The highest BCUT2D eigenvalue weighted by molar-refractivity contribution is 6.03. The first-order valence-corrected chi connectivity index (χ1v) is 12.8. The lowest BCUT2D eigenvalue weighted by molar-refractivity contribution is -0.129.